The van der Waals surface area contributed by atoms with Crippen LogP contribution in [-0.2, 0) is 24.1 Å². The number of carbonyl (C=O) groups excluding carboxylic acids is 1. The van der Waals surface area contributed by atoms with E-state index in [1.54, 1.807) is 0 Å². The van der Waals surface area contributed by atoms with Crippen molar-refractivity contribution in [3.63, 3.8) is 0 Å². The first kappa shape index (κ1) is 16.2. The molecule has 1 amide bonds. The van der Waals surface area contributed by atoms with Crippen molar-refractivity contribution in [2.75, 3.05) is 6.61 Å². The van der Waals surface area contributed by atoms with Gasteiger partial charge in [-0.1, -0.05) is 0 Å². The quantitative estimate of drug-likeness (QED) is 0.303. The fourth-order valence-corrected chi connectivity index (χ4v) is 2.23. The van der Waals surface area contributed by atoms with Crippen molar-refractivity contribution in [1.29, 1.82) is 0 Å². The molecule has 1 aliphatic rings. The lowest BCUT2D eigenvalue weighted by molar-refractivity contribution is -0.249. The van der Waals surface area contributed by atoms with Crippen molar-refractivity contribution >= 4 is 16.3 Å². The Bertz CT molecular complexity index is 424. The fraction of sp³-hybridized carbons (Fsp3) is 0.875. The Balaban J connectivity index is 3.00. The van der Waals surface area contributed by atoms with E-state index in [0.29, 0.717) is 0 Å². The van der Waals surface area contributed by atoms with E-state index in [4.69, 9.17) is 9.84 Å². The Labute approximate surface area is 108 Å². The SMILES string of the molecule is CC(=O)N[C@@H]1[C@@H](OS(=O)(=O)[O-])[C@H](O)[C@@H](CO)O[C@@H]1O. The molecule has 0 aliphatic carbocycles. The molecule has 0 aromatic carbocycles. The van der Waals surface area contributed by atoms with E-state index in [2.05, 4.69) is 9.50 Å². The zero-order valence-corrected chi connectivity index (χ0v) is 10.6. The third-order valence-electron chi connectivity index (χ3n) is 2.47. The van der Waals surface area contributed by atoms with Crippen LogP contribution < -0.4 is 5.32 Å². The summed E-state index contributed by atoms with van der Waals surface area (Å²) in [6.45, 7) is 0.323. The summed E-state index contributed by atoms with van der Waals surface area (Å²) < 4.78 is 40.7. The van der Waals surface area contributed by atoms with Gasteiger partial charge in [0.15, 0.2) is 6.29 Å². The molecule has 11 heteroatoms. The van der Waals surface area contributed by atoms with Crippen LogP contribution in [0.25, 0.3) is 0 Å². The molecule has 0 aromatic rings. The molecule has 0 unspecified atom stereocenters. The normalized spacial score (nSPS) is 35.9. The number of amides is 1. The van der Waals surface area contributed by atoms with E-state index in [0.717, 1.165) is 6.92 Å². The average molecular weight is 300 g/mol. The van der Waals surface area contributed by atoms with Crippen molar-refractivity contribution in [1.82, 2.24) is 5.32 Å². The van der Waals surface area contributed by atoms with Crippen molar-refractivity contribution in [3.8, 4) is 0 Å². The number of hydrogen-bond donors (Lipinski definition) is 4. The second-order valence-electron chi connectivity index (χ2n) is 3.93. The molecule has 0 saturated carbocycles. The van der Waals surface area contributed by atoms with Crippen LogP contribution in [0.2, 0.25) is 0 Å². The van der Waals surface area contributed by atoms with Crippen LogP contribution in [0.3, 0.4) is 0 Å². The molecule has 10 nitrogen and oxygen atoms in total. The molecule has 0 spiro atoms. The number of rotatable bonds is 4. The van der Waals surface area contributed by atoms with E-state index in [-0.39, 0.29) is 0 Å². The molecule has 4 N–H and O–H groups in total. The molecular formula is C8H14NO9S-. The van der Waals surface area contributed by atoms with Crippen LogP contribution in [-0.4, -0.2) is 71.4 Å². The molecule has 0 bridgehead atoms. The Morgan fingerprint density at radius 2 is 2.05 bits per heavy atom. The lowest BCUT2D eigenvalue weighted by Crippen LogP contribution is -2.65. The number of hydrogen-bond acceptors (Lipinski definition) is 9. The maximum atomic E-state index is 10.9. The zero-order chi connectivity index (χ0) is 14.8. The summed E-state index contributed by atoms with van der Waals surface area (Å²) >= 11 is 0. The molecule has 5 atom stereocenters. The van der Waals surface area contributed by atoms with E-state index >= 15 is 0 Å². The highest BCUT2D eigenvalue weighted by Gasteiger charge is 2.46. The Morgan fingerprint density at radius 1 is 1.47 bits per heavy atom. The van der Waals surface area contributed by atoms with Gasteiger partial charge in [0.05, 0.1) is 6.61 Å². The third kappa shape index (κ3) is 4.35. The molecule has 1 saturated heterocycles. The van der Waals surface area contributed by atoms with E-state index < -0.39 is 53.6 Å². The monoisotopic (exact) mass is 300 g/mol. The Morgan fingerprint density at radius 3 is 2.47 bits per heavy atom. The summed E-state index contributed by atoms with van der Waals surface area (Å²) in [6, 6.07) is -1.47. The lowest BCUT2D eigenvalue weighted by Gasteiger charge is -2.42. The van der Waals surface area contributed by atoms with Crippen LogP contribution in [0.1, 0.15) is 6.92 Å². The van der Waals surface area contributed by atoms with Crippen molar-refractivity contribution in [2.24, 2.45) is 0 Å². The molecule has 0 aromatic heterocycles. The predicted molar refractivity (Wildman–Crippen MR) is 56.1 cm³/mol. The minimum Gasteiger partial charge on any atom is -0.726 e. The maximum absolute atomic E-state index is 10.9. The fourth-order valence-electron chi connectivity index (χ4n) is 1.72. The van der Waals surface area contributed by atoms with Gasteiger partial charge in [-0.2, -0.15) is 0 Å². The van der Waals surface area contributed by atoms with Gasteiger partial charge < -0.3 is 29.9 Å². The molecule has 19 heavy (non-hydrogen) atoms. The highest BCUT2D eigenvalue weighted by atomic mass is 32.3. The number of aliphatic hydroxyl groups excluding tert-OH is 3. The summed E-state index contributed by atoms with van der Waals surface area (Å²) in [5, 5.41) is 30.3. The van der Waals surface area contributed by atoms with Crippen LogP contribution in [0.15, 0.2) is 0 Å². The second kappa shape index (κ2) is 6.09. The van der Waals surface area contributed by atoms with Gasteiger partial charge >= 0.3 is 0 Å². The van der Waals surface area contributed by atoms with E-state index in [1.165, 1.54) is 0 Å². The van der Waals surface area contributed by atoms with E-state index in [1.807, 2.05) is 0 Å². The van der Waals surface area contributed by atoms with E-state index in [9.17, 15) is 28.0 Å². The highest BCUT2D eigenvalue weighted by Crippen LogP contribution is 2.23. The summed E-state index contributed by atoms with van der Waals surface area (Å²) in [6.07, 6.45) is -6.61. The average Bonchev–Trinajstić information content (AvgIpc) is 2.26. The number of ether oxygens (including phenoxy) is 1. The summed E-state index contributed by atoms with van der Waals surface area (Å²) in [5.41, 5.74) is 0. The minimum absolute atomic E-state index is 0.667. The highest BCUT2D eigenvalue weighted by molar-refractivity contribution is 7.80. The van der Waals surface area contributed by atoms with Gasteiger partial charge in [-0.05, 0) is 0 Å². The Kier molecular flexibility index (Phi) is 5.20. The van der Waals surface area contributed by atoms with Crippen molar-refractivity contribution < 1.29 is 42.0 Å². The largest absolute Gasteiger partial charge is 0.726 e. The molecule has 1 heterocycles. The van der Waals surface area contributed by atoms with Crippen molar-refractivity contribution in [2.45, 2.75) is 37.6 Å². The molecule has 1 aliphatic heterocycles. The first-order chi connectivity index (χ1) is 8.65. The molecule has 112 valence electrons. The van der Waals surface area contributed by atoms with Gasteiger partial charge in [-0.3, -0.25) is 8.98 Å². The number of nitrogens with one attached hydrogen (secondary N) is 1. The summed E-state index contributed by atoms with van der Waals surface area (Å²) in [4.78, 5) is 10.9. The van der Waals surface area contributed by atoms with Crippen LogP contribution in [0.4, 0.5) is 0 Å². The zero-order valence-electron chi connectivity index (χ0n) is 9.79. The molecule has 1 rings (SSSR count). The van der Waals surface area contributed by atoms with Gasteiger partial charge in [-0.25, -0.2) is 8.42 Å². The van der Waals surface area contributed by atoms with Crippen LogP contribution in [0.5, 0.6) is 0 Å². The van der Waals surface area contributed by atoms with Gasteiger partial charge in [0.1, 0.15) is 24.4 Å². The first-order valence-electron chi connectivity index (χ1n) is 5.19. The predicted octanol–water partition coefficient (Wildman–Crippen LogP) is -3.59. The molecule has 0 radical (unpaired) electrons. The summed E-state index contributed by atoms with van der Waals surface area (Å²) in [5.74, 6) is -0.667. The van der Waals surface area contributed by atoms with Gasteiger partial charge in [0, 0.05) is 6.92 Å². The molecule has 1 fully saturated rings. The number of aliphatic hydroxyl groups is 3. The van der Waals surface area contributed by atoms with Gasteiger partial charge in [0.25, 0.3) is 0 Å². The third-order valence-corrected chi connectivity index (χ3v) is 2.93. The smallest absolute Gasteiger partial charge is 0.218 e. The van der Waals surface area contributed by atoms with Crippen LogP contribution in [0, 0.1) is 0 Å². The lowest BCUT2D eigenvalue weighted by atomic mass is 9.97. The summed E-state index contributed by atoms with van der Waals surface area (Å²) in [7, 11) is -5.19. The maximum Gasteiger partial charge on any atom is 0.218 e. The molecular weight excluding hydrogens is 286 g/mol. The topological polar surface area (TPSA) is 165 Å². The van der Waals surface area contributed by atoms with Crippen LogP contribution >= 0.6 is 0 Å². The second-order valence-corrected chi connectivity index (χ2v) is 4.94. The Hall–Kier alpha value is -0.820. The van der Waals surface area contributed by atoms with Crippen molar-refractivity contribution in [3.05, 3.63) is 0 Å². The standard InChI is InChI=1S/C8H15NO9S/c1-3(11)9-5-7(18-19(14,15)16)6(12)4(2-10)17-8(5)13/h4-8,10,12-13H,2H2,1H3,(H,9,11)(H,14,15,16)/p-1/t4-,5-,6-,7-,8+/m1/s1. The van der Waals surface area contributed by atoms with Gasteiger partial charge in [0.2, 0.25) is 16.3 Å². The first-order valence-corrected chi connectivity index (χ1v) is 6.52. The minimum atomic E-state index is -5.19. The number of carbonyl (C=O) groups is 1. The van der Waals surface area contributed by atoms with Gasteiger partial charge in [-0.15, -0.1) is 0 Å².